The van der Waals surface area contributed by atoms with Gasteiger partial charge in [-0.25, -0.2) is 9.37 Å². The number of nitrogens with one attached hydrogen (secondary N) is 1. The van der Waals surface area contributed by atoms with Crippen LogP contribution in [-0.2, 0) is 5.41 Å². The quantitative estimate of drug-likeness (QED) is 0.687. The molecule has 1 heterocycles. The first-order valence-electron chi connectivity index (χ1n) is 9.16. The van der Waals surface area contributed by atoms with Gasteiger partial charge in [0.25, 0.3) is 0 Å². The average molecular weight is 377 g/mol. The second kappa shape index (κ2) is 7.34. The molecule has 2 aromatic carbocycles. The van der Waals surface area contributed by atoms with Crippen LogP contribution in [0.3, 0.4) is 0 Å². The van der Waals surface area contributed by atoms with Gasteiger partial charge in [0.15, 0.2) is 11.6 Å². The fourth-order valence-electron chi connectivity index (χ4n) is 3.53. The molecule has 0 saturated heterocycles. The molecule has 142 valence electrons. The Bertz CT molecular complexity index is 984. The summed E-state index contributed by atoms with van der Waals surface area (Å²) in [5.41, 5.74) is 7.51. The molecular formula is C21H20FN5O. The van der Waals surface area contributed by atoms with E-state index in [1.807, 2.05) is 12.1 Å². The molecule has 3 aromatic rings. The highest BCUT2D eigenvalue weighted by Gasteiger charge is 2.38. The molecule has 1 amide bonds. The second-order valence-corrected chi connectivity index (χ2v) is 7.11. The number of carbonyl (C=O) groups excluding carboxylic acids is 1. The molecule has 0 spiro atoms. The lowest BCUT2D eigenvalue weighted by molar-refractivity contribution is 0.100. The van der Waals surface area contributed by atoms with Gasteiger partial charge in [-0.2, -0.15) is 0 Å². The summed E-state index contributed by atoms with van der Waals surface area (Å²) in [4.78, 5) is 15.7. The zero-order valence-corrected chi connectivity index (χ0v) is 15.2. The topological polar surface area (TPSA) is 93.8 Å². The van der Waals surface area contributed by atoms with E-state index in [9.17, 15) is 9.18 Å². The van der Waals surface area contributed by atoms with Crippen molar-refractivity contribution in [3.8, 4) is 11.4 Å². The van der Waals surface area contributed by atoms with E-state index >= 15 is 0 Å². The summed E-state index contributed by atoms with van der Waals surface area (Å²) in [7, 11) is 0. The Kier molecular flexibility index (Phi) is 4.73. The van der Waals surface area contributed by atoms with Gasteiger partial charge in [0, 0.05) is 23.1 Å². The number of hydrogen-bond donors (Lipinski definition) is 2. The number of primary amides is 1. The standard InChI is InChI=1S/C21H20FN5O/c22-17-7-5-16(6-8-17)21(9-2-10-21)13-25-18-12-24-20(27-26-18)15-4-1-3-14(11-15)19(23)28/h1,3-8,11-12H,2,9-10,13H2,(H2,23,28)(H,25,26). The van der Waals surface area contributed by atoms with E-state index in [1.165, 1.54) is 12.1 Å². The van der Waals surface area contributed by atoms with Gasteiger partial charge < -0.3 is 11.1 Å². The Labute approximate surface area is 162 Å². The molecule has 3 N–H and O–H groups in total. The summed E-state index contributed by atoms with van der Waals surface area (Å²) >= 11 is 0. The van der Waals surface area contributed by atoms with E-state index in [4.69, 9.17) is 5.73 Å². The van der Waals surface area contributed by atoms with Crippen LogP contribution in [0.1, 0.15) is 35.2 Å². The fraction of sp³-hybridized carbons (Fsp3) is 0.238. The molecule has 0 atom stereocenters. The molecule has 1 aromatic heterocycles. The van der Waals surface area contributed by atoms with Crippen LogP contribution in [0.5, 0.6) is 0 Å². The smallest absolute Gasteiger partial charge is 0.248 e. The Morgan fingerprint density at radius 2 is 1.93 bits per heavy atom. The van der Waals surface area contributed by atoms with Crippen molar-refractivity contribution in [2.45, 2.75) is 24.7 Å². The fourth-order valence-corrected chi connectivity index (χ4v) is 3.53. The predicted molar refractivity (Wildman–Crippen MR) is 104 cm³/mol. The van der Waals surface area contributed by atoms with Crippen LogP contribution >= 0.6 is 0 Å². The number of amides is 1. The minimum atomic E-state index is -0.500. The third kappa shape index (κ3) is 3.55. The maximum atomic E-state index is 13.2. The first-order valence-corrected chi connectivity index (χ1v) is 9.16. The molecule has 0 radical (unpaired) electrons. The number of nitrogens with zero attached hydrogens (tertiary/aromatic N) is 3. The molecule has 7 heteroatoms. The van der Waals surface area contributed by atoms with Crippen LogP contribution in [0.4, 0.5) is 10.2 Å². The van der Waals surface area contributed by atoms with Gasteiger partial charge in [-0.15, -0.1) is 10.2 Å². The largest absolute Gasteiger partial charge is 0.366 e. The zero-order chi connectivity index (χ0) is 19.6. The summed E-state index contributed by atoms with van der Waals surface area (Å²) in [6.45, 7) is 0.686. The van der Waals surface area contributed by atoms with Gasteiger partial charge in [-0.1, -0.05) is 30.7 Å². The summed E-state index contributed by atoms with van der Waals surface area (Å²) in [5.74, 6) is 0.269. The van der Waals surface area contributed by atoms with Crippen molar-refractivity contribution in [1.29, 1.82) is 0 Å². The van der Waals surface area contributed by atoms with Gasteiger partial charge in [0.2, 0.25) is 5.91 Å². The number of nitrogens with two attached hydrogens (primary N) is 1. The van der Waals surface area contributed by atoms with Gasteiger partial charge in [-0.05, 0) is 42.7 Å². The normalized spacial score (nSPS) is 14.9. The summed E-state index contributed by atoms with van der Waals surface area (Å²) < 4.78 is 13.2. The van der Waals surface area contributed by atoms with E-state index < -0.39 is 5.91 Å². The van der Waals surface area contributed by atoms with Crippen molar-refractivity contribution < 1.29 is 9.18 Å². The lowest BCUT2D eigenvalue weighted by Crippen LogP contribution is -2.41. The maximum absolute atomic E-state index is 13.2. The molecule has 1 aliphatic rings. The van der Waals surface area contributed by atoms with Crippen LogP contribution in [0.2, 0.25) is 0 Å². The molecular weight excluding hydrogens is 357 g/mol. The van der Waals surface area contributed by atoms with Gasteiger partial charge in [-0.3, -0.25) is 4.79 Å². The lowest BCUT2D eigenvalue weighted by atomic mass is 9.64. The number of rotatable bonds is 6. The molecule has 1 aliphatic carbocycles. The summed E-state index contributed by atoms with van der Waals surface area (Å²) in [6.07, 6.45) is 4.86. The number of anilines is 1. The highest BCUT2D eigenvalue weighted by atomic mass is 19.1. The highest BCUT2D eigenvalue weighted by molar-refractivity contribution is 5.93. The average Bonchev–Trinajstić information content (AvgIpc) is 2.69. The Morgan fingerprint density at radius 1 is 1.14 bits per heavy atom. The first kappa shape index (κ1) is 18.0. The number of hydrogen-bond acceptors (Lipinski definition) is 5. The van der Waals surface area contributed by atoms with Crippen molar-refractivity contribution in [2.24, 2.45) is 5.73 Å². The van der Waals surface area contributed by atoms with E-state index in [-0.39, 0.29) is 11.2 Å². The van der Waals surface area contributed by atoms with Crippen LogP contribution < -0.4 is 11.1 Å². The van der Waals surface area contributed by atoms with Crippen LogP contribution in [0, 0.1) is 5.82 Å². The SMILES string of the molecule is NC(=O)c1cccc(-c2ncc(NCC3(c4ccc(F)cc4)CCC3)nn2)c1. The minimum absolute atomic E-state index is 0.0100. The van der Waals surface area contributed by atoms with Crippen LogP contribution in [-0.4, -0.2) is 27.6 Å². The van der Waals surface area contributed by atoms with Crippen molar-refractivity contribution in [2.75, 3.05) is 11.9 Å². The predicted octanol–water partition coefficient (Wildman–Crippen LogP) is 3.31. The molecule has 0 bridgehead atoms. The summed E-state index contributed by atoms with van der Waals surface area (Å²) in [5, 5.41) is 11.7. The zero-order valence-electron chi connectivity index (χ0n) is 15.2. The molecule has 0 aliphatic heterocycles. The molecule has 1 saturated carbocycles. The number of carbonyl (C=O) groups is 1. The molecule has 4 rings (SSSR count). The maximum Gasteiger partial charge on any atom is 0.248 e. The monoisotopic (exact) mass is 377 g/mol. The van der Waals surface area contributed by atoms with Crippen molar-refractivity contribution in [3.63, 3.8) is 0 Å². The molecule has 28 heavy (non-hydrogen) atoms. The van der Waals surface area contributed by atoms with Gasteiger partial charge in [0.1, 0.15) is 5.82 Å². The number of aromatic nitrogens is 3. The Balaban J connectivity index is 1.47. The van der Waals surface area contributed by atoms with E-state index in [2.05, 4.69) is 20.5 Å². The van der Waals surface area contributed by atoms with Crippen molar-refractivity contribution >= 4 is 11.7 Å². The molecule has 6 nitrogen and oxygen atoms in total. The van der Waals surface area contributed by atoms with Crippen LogP contribution in [0.25, 0.3) is 11.4 Å². The molecule has 0 unspecified atom stereocenters. The molecule has 1 fully saturated rings. The number of halogens is 1. The Morgan fingerprint density at radius 3 is 2.54 bits per heavy atom. The second-order valence-electron chi connectivity index (χ2n) is 7.11. The lowest BCUT2D eigenvalue weighted by Gasteiger charge is -2.42. The first-order chi connectivity index (χ1) is 13.6. The van der Waals surface area contributed by atoms with Crippen LogP contribution in [0.15, 0.2) is 54.7 Å². The third-order valence-corrected chi connectivity index (χ3v) is 5.34. The van der Waals surface area contributed by atoms with Crippen molar-refractivity contribution in [1.82, 2.24) is 15.2 Å². The van der Waals surface area contributed by atoms with Crippen molar-refractivity contribution in [3.05, 3.63) is 71.7 Å². The van der Waals surface area contributed by atoms with Gasteiger partial charge >= 0.3 is 0 Å². The third-order valence-electron chi connectivity index (χ3n) is 5.34. The van der Waals surface area contributed by atoms with E-state index in [0.29, 0.717) is 29.3 Å². The minimum Gasteiger partial charge on any atom is -0.366 e. The Hall–Kier alpha value is -3.35. The van der Waals surface area contributed by atoms with E-state index in [1.54, 1.807) is 30.5 Å². The highest BCUT2D eigenvalue weighted by Crippen LogP contribution is 2.43. The summed E-state index contributed by atoms with van der Waals surface area (Å²) in [6, 6.07) is 13.5. The number of benzene rings is 2. The van der Waals surface area contributed by atoms with E-state index in [0.717, 1.165) is 24.8 Å². The van der Waals surface area contributed by atoms with Gasteiger partial charge in [0.05, 0.1) is 6.20 Å².